The van der Waals surface area contributed by atoms with Crippen LogP contribution < -0.4 is 10.2 Å². The van der Waals surface area contributed by atoms with Crippen molar-refractivity contribution in [3.63, 3.8) is 0 Å². The average molecular weight is 232 g/mol. The van der Waals surface area contributed by atoms with E-state index in [0.717, 1.165) is 13.1 Å². The summed E-state index contributed by atoms with van der Waals surface area (Å²) in [5, 5.41) is 3.44. The van der Waals surface area contributed by atoms with E-state index in [1.165, 1.54) is 49.2 Å². The maximum Gasteiger partial charge on any atom is 0.0412 e. The van der Waals surface area contributed by atoms with Crippen LogP contribution in [-0.2, 0) is 6.54 Å². The Morgan fingerprint density at radius 3 is 2.65 bits per heavy atom. The van der Waals surface area contributed by atoms with Crippen molar-refractivity contribution in [3.8, 4) is 0 Å². The predicted octanol–water partition coefficient (Wildman–Crippen LogP) is 3.09. The molecule has 1 aliphatic rings. The lowest BCUT2D eigenvalue weighted by Gasteiger charge is -2.31. The Labute approximate surface area is 105 Å². The second kappa shape index (κ2) is 6.06. The molecule has 94 valence electrons. The van der Waals surface area contributed by atoms with Crippen LogP contribution in [0.4, 0.5) is 5.69 Å². The van der Waals surface area contributed by atoms with Crippen molar-refractivity contribution in [2.75, 3.05) is 24.5 Å². The largest absolute Gasteiger partial charge is 0.371 e. The van der Waals surface area contributed by atoms with Gasteiger partial charge in [0.1, 0.15) is 0 Å². The molecule has 1 saturated heterocycles. The number of nitrogens with one attached hydrogen (secondary N) is 1. The first-order chi connectivity index (χ1) is 8.31. The molecule has 0 amide bonds. The summed E-state index contributed by atoms with van der Waals surface area (Å²) in [5.41, 5.74) is 4.25. The first-order valence-corrected chi connectivity index (χ1v) is 6.86. The Morgan fingerprint density at radius 2 is 1.94 bits per heavy atom. The van der Waals surface area contributed by atoms with E-state index in [2.05, 4.69) is 42.3 Å². The average Bonchev–Trinajstić information content (AvgIpc) is 2.37. The van der Waals surface area contributed by atoms with Crippen molar-refractivity contribution in [3.05, 3.63) is 29.3 Å². The second-order valence-corrected chi connectivity index (χ2v) is 4.96. The molecule has 2 heteroatoms. The summed E-state index contributed by atoms with van der Waals surface area (Å²) in [6, 6.07) is 6.86. The Bertz CT molecular complexity index is 354. The third kappa shape index (κ3) is 3.22. The monoisotopic (exact) mass is 232 g/mol. The van der Waals surface area contributed by atoms with Crippen molar-refractivity contribution in [1.29, 1.82) is 0 Å². The summed E-state index contributed by atoms with van der Waals surface area (Å²) >= 11 is 0. The van der Waals surface area contributed by atoms with Crippen LogP contribution in [0.2, 0.25) is 0 Å². The molecule has 0 aromatic heterocycles. The van der Waals surface area contributed by atoms with Crippen LogP contribution >= 0.6 is 0 Å². The molecule has 0 unspecified atom stereocenters. The lowest BCUT2D eigenvalue weighted by Crippen LogP contribution is -2.30. The minimum Gasteiger partial charge on any atom is -0.371 e. The lowest BCUT2D eigenvalue weighted by atomic mass is 10.0. The molecule has 0 aliphatic carbocycles. The Balaban J connectivity index is 2.18. The summed E-state index contributed by atoms with van der Waals surface area (Å²) in [5.74, 6) is 0. The number of hydrogen-bond acceptors (Lipinski definition) is 2. The lowest BCUT2D eigenvalue weighted by molar-refractivity contribution is 0.575. The zero-order chi connectivity index (χ0) is 12.1. The van der Waals surface area contributed by atoms with Gasteiger partial charge >= 0.3 is 0 Å². The Morgan fingerprint density at radius 1 is 1.18 bits per heavy atom. The fraction of sp³-hybridized carbons (Fsp3) is 0.600. The second-order valence-electron chi connectivity index (χ2n) is 4.96. The topological polar surface area (TPSA) is 15.3 Å². The highest BCUT2D eigenvalue weighted by atomic mass is 15.1. The SMILES string of the molecule is CCNCc1cc(C)ccc1N1CCCCC1. The Hall–Kier alpha value is -1.02. The summed E-state index contributed by atoms with van der Waals surface area (Å²) in [7, 11) is 0. The van der Waals surface area contributed by atoms with Gasteiger partial charge in [-0.15, -0.1) is 0 Å². The van der Waals surface area contributed by atoms with Crippen LogP contribution in [0.1, 0.15) is 37.3 Å². The molecule has 1 aliphatic heterocycles. The minimum atomic E-state index is 0.990. The van der Waals surface area contributed by atoms with Gasteiger partial charge in [0, 0.05) is 25.3 Å². The maximum absolute atomic E-state index is 3.44. The Kier molecular flexibility index (Phi) is 4.43. The zero-order valence-electron chi connectivity index (χ0n) is 11.1. The first kappa shape index (κ1) is 12.4. The summed E-state index contributed by atoms with van der Waals surface area (Å²) in [6.45, 7) is 8.81. The molecule has 1 N–H and O–H groups in total. The van der Waals surface area contributed by atoms with Crippen LogP contribution in [0.5, 0.6) is 0 Å². The first-order valence-electron chi connectivity index (χ1n) is 6.86. The third-order valence-electron chi connectivity index (χ3n) is 3.50. The molecule has 17 heavy (non-hydrogen) atoms. The van der Waals surface area contributed by atoms with Gasteiger partial charge in [0.15, 0.2) is 0 Å². The molecule has 0 spiro atoms. The van der Waals surface area contributed by atoms with Gasteiger partial charge in [0.25, 0.3) is 0 Å². The van der Waals surface area contributed by atoms with Gasteiger partial charge in [-0.3, -0.25) is 0 Å². The summed E-state index contributed by atoms with van der Waals surface area (Å²) in [6.07, 6.45) is 4.08. The fourth-order valence-electron chi connectivity index (χ4n) is 2.56. The predicted molar refractivity (Wildman–Crippen MR) is 74.6 cm³/mol. The van der Waals surface area contributed by atoms with Gasteiger partial charge < -0.3 is 10.2 Å². The molecular formula is C15H24N2. The van der Waals surface area contributed by atoms with Crippen molar-refractivity contribution in [2.24, 2.45) is 0 Å². The molecule has 0 saturated carbocycles. The third-order valence-corrected chi connectivity index (χ3v) is 3.50. The number of nitrogens with zero attached hydrogens (tertiary/aromatic N) is 1. The molecule has 1 aromatic rings. The molecule has 1 fully saturated rings. The molecular weight excluding hydrogens is 208 g/mol. The van der Waals surface area contributed by atoms with Crippen molar-refractivity contribution < 1.29 is 0 Å². The van der Waals surface area contributed by atoms with Crippen molar-refractivity contribution in [1.82, 2.24) is 5.32 Å². The van der Waals surface area contributed by atoms with Crippen LogP contribution in [0, 0.1) is 6.92 Å². The van der Waals surface area contributed by atoms with Crippen LogP contribution in [0.3, 0.4) is 0 Å². The number of hydrogen-bond donors (Lipinski definition) is 1. The van der Waals surface area contributed by atoms with Gasteiger partial charge in [-0.05, 0) is 44.4 Å². The normalized spacial score (nSPS) is 16.2. The fourth-order valence-corrected chi connectivity index (χ4v) is 2.56. The highest BCUT2D eigenvalue weighted by Crippen LogP contribution is 2.25. The van der Waals surface area contributed by atoms with E-state index in [4.69, 9.17) is 0 Å². The number of aryl methyl sites for hydroxylation is 1. The highest BCUT2D eigenvalue weighted by Gasteiger charge is 2.14. The van der Waals surface area contributed by atoms with Gasteiger partial charge in [-0.2, -0.15) is 0 Å². The quantitative estimate of drug-likeness (QED) is 0.858. The van der Waals surface area contributed by atoms with E-state index >= 15 is 0 Å². The molecule has 1 aromatic carbocycles. The van der Waals surface area contributed by atoms with E-state index in [1.807, 2.05) is 0 Å². The van der Waals surface area contributed by atoms with Gasteiger partial charge in [0.2, 0.25) is 0 Å². The minimum absolute atomic E-state index is 0.990. The van der Waals surface area contributed by atoms with Gasteiger partial charge in [0.05, 0.1) is 0 Å². The van der Waals surface area contributed by atoms with Gasteiger partial charge in [-0.25, -0.2) is 0 Å². The standard InChI is InChI=1S/C15H24N2/c1-3-16-12-14-11-13(2)7-8-15(14)17-9-5-4-6-10-17/h7-8,11,16H,3-6,9-10,12H2,1-2H3. The number of rotatable bonds is 4. The molecule has 0 radical (unpaired) electrons. The zero-order valence-corrected chi connectivity index (χ0v) is 11.1. The van der Waals surface area contributed by atoms with E-state index in [1.54, 1.807) is 0 Å². The van der Waals surface area contributed by atoms with Crippen molar-refractivity contribution >= 4 is 5.69 Å². The summed E-state index contributed by atoms with van der Waals surface area (Å²) in [4.78, 5) is 2.55. The molecule has 2 rings (SSSR count). The highest BCUT2D eigenvalue weighted by molar-refractivity contribution is 5.55. The van der Waals surface area contributed by atoms with Crippen LogP contribution in [0.15, 0.2) is 18.2 Å². The molecule has 0 atom stereocenters. The van der Waals surface area contributed by atoms with E-state index in [9.17, 15) is 0 Å². The number of piperidine rings is 1. The smallest absolute Gasteiger partial charge is 0.0412 e. The summed E-state index contributed by atoms with van der Waals surface area (Å²) < 4.78 is 0. The van der Waals surface area contributed by atoms with E-state index in [-0.39, 0.29) is 0 Å². The van der Waals surface area contributed by atoms with E-state index in [0.29, 0.717) is 0 Å². The maximum atomic E-state index is 3.44. The van der Waals surface area contributed by atoms with Crippen LogP contribution in [0.25, 0.3) is 0 Å². The number of anilines is 1. The number of benzene rings is 1. The molecule has 1 heterocycles. The van der Waals surface area contributed by atoms with E-state index < -0.39 is 0 Å². The molecule has 2 nitrogen and oxygen atoms in total. The van der Waals surface area contributed by atoms with Crippen molar-refractivity contribution in [2.45, 2.75) is 39.7 Å². The van der Waals surface area contributed by atoms with Gasteiger partial charge in [-0.1, -0.05) is 24.6 Å². The van der Waals surface area contributed by atoms with Crippen LogP contribution in [-0.4, -0.2) is 19.6 Å². The molecule has 0 bridgehead atoms.